The number of allylic oxidation sites excluding steroid dienone is 6. The largest absolute Gasteiger partial charge is 0.297 e. The van der Waals surface area contributed by atoms with Crippen molar-refractivity contribution in [3.8, 4) is 0 Å². The van der Waals surface area contributed by atoms with Crippen LogP contribution in [0, 0.1) is 17.2 Å². The first-order chi connectivity index (χ1) is 5.79. The predicted octanol–water partition coefficient (Wildman–Crippen LogP) is 1.50. The molecule has 2 nitrogen and oxygen atoms in total. The molecule has 0 heterocycles. The highest BCUT2D eigenvalue weighted by molar-refractivity contribution is 6.44. The quantitative estimate of drug-likeness (QED) is 0.571. The molecule has 0 radical (unpaired) electrons. The van der Waals surface area contributed by atoms with E-state index >= 15 is 0 Å². The molecule has 2 atom stereocenters. The Morgan fingerprint density at radius 3 is 2.75 bits per heavy atom. The summed E-state index contributed by atoms with van der Waals surface area (Å²) in [5, 5.41) is 7.32. The number of Topliss-reactive ketones (excluding diaryl/α,β-unsaturated/α-hetero) is 1. The topological polar surface area (TPSA) is 40.9 Å². The summed E-state index contributed by atoms with van der Waals surface area (Å²) in [4.78, 5) is 11.4. The van der Waals surface area contributed by atoms with Crippen molar-refractivity contribution >= 4 is 11.5 Å². The smallest absolute Gasteiger partial charge is 0.188 e. The number of hydrogen-bond donors (Lipinski definition) is 1. The third kappa shape index (κ3) is 0.961. The predicted molar refractivity (Wildman–Crippen MR) is 47.1 cm³/mol. The van der Waals surface area contributed by atoms with Gasteiger partial charge in [0.25, 0.3) is 0 Å². The van der Waals surface area contributed by atoms with Gasteiger partial charge in [-0.1, -0.05) is 30.4 Å². The monoisotopic (exact) mass is 159 g/mol. The van der Waals surface area contributed by atoms with Crippen molar-refractivity contribution in [1.29, 1.82) is 5.41 Å². The molecule has 0 saturated heterocycles. The minimum atomic E-state index is -0.118. The van der Waals surface area contributed by atoms with E-state index in [1.807, 2.05) is 30.4 Å². The van der Waals surface area contributed by atoms with Crippen LogP contribution in [0.5, 0.6) is 0 Å². The number of ketones is 1. The maximum atomic E-state index is 11.4. The summed E-state index contributed by atoms with van der Waals surface area (Å²) < 4.78 is 0. The molecule has 2 aliphatic rings. The summed E-state index contributed by atoms with van der Waals surface area (Å²) in [7, 11) is 0. The molecule has 60 valence electrons. The Balaban J connectivity index is 2.39. The SMILES string of the molecule is N=C1C=CC2C=CC=CC2C1=O. The molecule has 0 aromatic carbocycles. The number of carbonyl (C=O) groups is 1. The van der Waals surface area contributed by atoms with Crippen molar-refractivity contribution in [3.05, 3.63) is 36.5 Å². The zero-order valence-corrected chi connectivity index (χ0v) is 6.53. The molecule has 2 aliphatic carbocycles. The molecule has 2 heteroatoms. The van der Waals surface area contributed by atoms with Gasteiger partial charge in [-0.3, -0.25) is 10.2 Å². The van der Waals surface area contributed by atoms with Crippen LogP contribution in [0.2, 0.25) is 0 Å². The highest BCUT2D eigenvalue weighted by Gasteiger charge is 2.28. The summed E-state index contributed by atoms with van der Waals surface area (Å²) >= 11 is 0. The van der Waals surface area contributed by atoms with Gasteiger partial charge in [-0.15, -0.1) is 0 Å². The maximum absolute atomic E-state index is 11.4. The van der Waals surface area contributed by atoms with Gasteiger partial charge in [0.05, 0.1) is 11.6 Å². The maximum Gasteiger partial charge on any atom is 0.188 e. The molecule has 0 aromatic rings. The van der Waals surface area contributed by atoms with Gasteiger partial charge in [-0.25, -0.2) is 0 Å². The fourth-order valence-corrected chi connectivity index (χ4v) is 1.54. The van der Waals surface area contributed by atoms with Crippen LogP contribution in [0.3, 0.4) is 0 Å². The van der Waals surface area contributed by atoms with Crippen molar-refractivity contribution in [2.45, 2.75) is 0 Å². The molecule has 0 aromatic heterocycles. The second-order valence-corrected chi connectivity index (χ2v) is 3.01. The Morgan fingerprint density at radius 2 is 1.92 bits per heavy atom. The second-order valence-electron chi connectivity index (χ2n) is 3.01. The fraction of sp³-hybridized carbons (Fsp3) is 0.200. The van der Waals surface area contributed by atoms with Crippen LogP contribution < -0.4 is 0 Å². The van der Waals surface area contributed by atoms with Gasteiger partial charge in [0.15, 0.2) is 5.78 Å². The lowest BCUT2D eigenvalue weighted by Gasteiger charge is -2.22. The normalized spacial score (nSPS) is 32.3. The zero-order valence-electron chi connectivity index (χ0n) is 6.53. The van der Waals surface area contributed by atoms with Crippen molar-refractivity contribution < 1.29 is 4.79 Å². The highest BCUT2D eigenvalue weighted by Crippen LogP contribution is 2.25. The van der Waals surface area contributed by atoms with E-state index in [4.69, 9.17) is 5.41 Å². The summed E-state index contributed by atoms with van der Waals surface area (Å²) in [6.45, 7) is 0. The molecule has 0 aliphatic heterocycles. The van der Waals surface area contributed by atoms with Gasteiger partial charge < -0.3 is 0 Å². The van der Waals surface area contributed by atoms with Crippen molar-refractivity contribution in [2.24, 2.45) is 11.8 Å². The molecule has 0 spiro atoms. The van der Waals surface area contributed by atoms with Gasteiger partial charge in [0, 0.05) is 5.92 Å². The Labute approximate surface area is 70.8 Å². The van der Waals surface area contributed by atoms with Crippen molar-refractivity contribution in [1.82, 2.24) is 0 Å². The van der Waals surface area contributed by atoms with Crippen LogP contribution in [-0.4, -0.2) is 11.5 Å². The minimum absolute atomic E-state index is 0.0666. The van der Waals surface area contributed by atoms with Crippen LogP contribution in [-0.2, 0) is 4.79 Å². The van der Waals surface area contributed by atoms with Crippen LogP contribution in [0.15, 0.2) is 36.5 Å². The average molecular weight is 159 g/mol. The third-order valence-corrected chi connectivity index (χ3v) is 2.23. The Hall–Kier alpha value is -1.44. The van der Waals surface area contributed by atoms with Crippen molar-refractivity contribution in [2.75, 3.05) is 0 Å². The lowest BCUT2D eigenvalue weighted by Crippen LogP contribution is -2.30. The molecule has 2 unspecified atom stereocenters. The van der Waals surface area contributed by atoms with Crippen LogP contribution in [0.1, 0.15) is 0 Å². The molecule has 1 N–H and O–H groups in total. The lowest BCUT2D eigenvalue weighted by molar-refractivity contribution is -0.115. The number of rotatable bonds is 0. The van der Waals surface area contributed by atoms with E-state index < -0.39 is 0 Å². The number of carbonyl (C=O) groups excluding carboxylic acids is 1. The van der Waals surface area contributed by atoms with Gasteiger partial charge in [0.2, 0.25) is 0 Å². The Morgan fingerprint density at radius 1 is 1.17 bits per heavy atom. The third-order valence-electron chi connectivity index (χ3n) is 2.23. The summed E-state index contributed by atoms with van der Waals surface area (Å²) in [6.07, 6.45) is 11.2. The van der Waals surface area contributed by atoms with Gasteiger partial charge in [0.1, 0.15) is 0 Å². The van der Waals surface area contributed by atoms with Crippen molar-refractivity contribution in [3.63, 3.8) is 0 Å². The first-order valence-corrected chi connectivity index (χ1v) is 3.95. The molecular formula is C10H9NO. The molecule has 2 rings (SSSR count). The molecular weight excluding hydrogens is 150 g/mol. The molecule has 0 amide bonds. The second kappa shape index (κ2) is 2.55. The van der Waals surface area contributed by atoms with Crippen LogP contribution in [0.4, 0.5) is 0 Å². The van der Waals surface area contributed by atoms with Gasteiger partial charge in [-0.05, 0) is 6.08 Å². The first kappa shape index (κ1) is 7.22. The highest BCUT2D eigenvalue weighted by atomic mass is 16.1. The lowest BCUT2D eigenvalue weighted by atomic mass is 9.80. The summed E-state index contributed by atoms with van der Waals surface area (Å²) in [6, 6.07) is 0. The molecule has 0 bridgehead atoms. The Kier molecular flexibility index (Phi) is 1.54. The van der Waals surface area contributed by atoms with Crippen LogP contribution >= 0.6 is 0 Å². The Bertz CT molecular complexity index is 323. The number of nitrogens with one attached hydrogen (secondary N) is 1. The standard InChI is InChI=1S/C10H9NO/c11-9-6-5-7-3-1-2-4-8(7)10(9)12/h1-8,11H. The van der Waals surface area contributed by atoms with E-state index in [2.05, 4.69) is 0 Å². The average Bonchev–Trinajstić information content (AvgIpc) is 2.12. The minimum Gasteiger partial charge on any atom is -0.297 e. The molecule has 0 saturated carbocycles. The van der Waals surface area contributed by atoms with Gasteiger partial charge >= 0.3 is 0 Å². The molecule has 0 fully saturated rings. The first-order valence-electron chi connectivity index (χ1n) is 3.95. The van der Waals surface area contributed by atoms with Crippen LogP contribution in [0.25, 0.3) is 0 Å². The van der Waals surface area contributed by atoms with E-state index in [0.29, 0.717) is 0 Å². The van der Waals surface area contributed by atoms with E-state index in [9.17, 15) is 4.79 Å². The van der Waals surface area contributed by atoms with E-state index in [0.717, 1.165) is 0 Å². The summed E-state index contributed by atoms with van der Waals surface area (Å²) in [5.41, 5.74) is 0.121. The fourth-order valence-electron chi connectivity index (χ4n) is 1.54. The van der Waals surface area contributed by atoms with E-state index in [1.165, 1.54) is 0 Å². The zero-order chi connectivity index (χ0) is 8.55. The van der Waals surface area contributed by atoms with E-state index in [-0.39, 0.29) is 23.3 Å². The summed E-state index contributed by atoms with van der Waals surface area (Å²) in [5.74, 6) is -0.00722. The number of hydrogen-bond acceptors (Lipinski definition) is 2. The molecule has 12 heavy (non-hydrogen) atoms. The van der Waals surface area contributed by atoms with Gasteiger partial charge in [-0.2, -0.15) is 0 Å². The van der Waals surface area contributed by atoms with E-state index in [1.54, 1.807) is 6.08 Å². The number of fused-ring (bicyclic) bond motifs is 1.